The average molecular weight is 2040 g/mol. The molecule has 0 fully saturated rings. The first kappa shape index (κ1) is 134. The maximum Gasteiger partial charge on any atom is 0.407 e. The predicted octanol–water partition coefficient (Wildman–Crippen LogP) is 7.82. The standard InChI is InChI=1S/C67H125N15O18.C33H67N5O5/c1-15-17-25-68-26-19-55(84)75-44-52(95-39-29-72-62(91)99-66(9,10)11)46-78-58(87)23-34-82(36-41-93-37-27-70-60(89)97-64(3,4)5)35-24-59(88)79-48-53(96-40-30-73-63(92)100-67(12,13)14)47-77-57(86)22-33-81(31-20-50-42-69-49-80-50)32-21-56(85)76-45-51(43-74-54(83)18-16-2)94-38-28-71-61(90)98-65(6,7)8;1-7-9-11-12-13-14-15-16-17-18-24-38(6)25-20-31(40)37-28-29(27-36-30(39)19-22-34-21-10-8-2)42-26-23-35-32(41)43-33(3,4)5/h42,49,51-53,68H,15-41,43-48H2,1-14H3,(H,69,80)(H,70,89)(H,71,90)(H,72,91)(H,73,92)(H,74,83)(H,75,84)(H,76,85)(H,77,86)(H,78,87)(H,79,88);29,34H,7-28H2,1-6H3,(H,35,41)(H,36,39)(H,37,40). The molecule has 0 bridgehead atoms. The molecule has 0 saturated heterocycles. The molecule has 0 aliphatic heterocycles. The van der Waals surface area contributed by atoms with E-state index in [-0.39, 0.29) is 230 Å². The first-order valence-corrected chi connectivity index (χ1v) is 52.2. The number of ether oxygens (including phenoxy) is 10. The van der Waals surface area contributed by atoms with Gasteiger partial charge in [-0.25, -0.2) is 29.0 Å². The maximum atomic E-state index is 13.7. The van der Waals surface area contributed by atoms with Crippen molar-refractivity contribution in [2.45, 2.75) is 338 Å². The molecular weight excluding hydrogens is 1850 g/mol. The number of rotatable bonds is 81. The van der Waals surface area contributed by atoms with Crippen molar-refractivity contribution in [1.29, 1.82) is 0 Å². The van der Waals surface area contributed by atoms with E-state index in [1.54, 1.807) is 116 Å². The van der Waals surface area contributed by atoms with Crippen molar-refractivity contribution >= 4 is 77.7 Å². The number of alkyl carbamates (subject to hydrolysis) is 5. The molecule has 0 spiro atoms. The molecule has 0 aliphatic carbocycles. The van der Waals surface area contributed by atoms with Crippen molar-refractivity contribution in [3.05, 3.63) is 18.2 Å². The Morgan fingerprint density at radius 1 is 0.287 bits per heavy atom. The highest BCUT2D eigenvalue weighted by Crippen LogP contribution is 2.15. The monoisotopic (exact) mass is 2040 g/mol. The minimum atomic E-state index is -0.764. The topological polar surface area (TPSA) is 533 Å². The van der Waals surface area contributed by atoms with Crippen LogP contribution in [0.3, 0.4) is 0 Å². The van der Waals surface area contributed by atoms with Gasteiger partial charge in [-0.15, -0.1) is 0 Å². The number of imidazole rings is 1. The maximum absolute atomic E-state index is 13.7. The fourth-order valence-corrected chi connectivity index (χ4v) is 13.1. The van der Waals surface area contributed by atoms with Crippen molar-refractivity contribution in [2.24, 2.45) is 0 Å². The van der Waals surface area contributed by atoms with Crippen LogP contribution < -0.4 is 79.8 Å². The molecule has 43 heteroatoms. The number of aromatic nitrogens is 2. The number of nitrogens with zero attached hydrogens (tertiary/aromatic N) is 4. The van der Waals surface area contributed by atoms with Crippen molar-refractivity contribution in [1.82, 2.24) is 104 Å². The summed E-state index contributed by atoms with van der Waals surface area (Å²) in [6.45, 7) is 43.3. The number of aromatic amines is 1. The summed E-state index contributed by atoms with van der Waals surface area (Å²) in [4.78, 5) is 178. The summed E-state index contributed by atoms with van der Waals surface area (Å²) in [6, 6.07) is 0. The van der Waals surface area contributed by atoms with Gasteiger partial charge in [-0.05, 0) is 156 Å². The molecule has 0 aromatic carbocycles. The Labute approximate surface area is 854 Å². The summed E-state index contributed by atoms with van der Waals surface area (Å²) in [5.41, 5.74) is -2.52. The van der Waals surface area contributed by atoms with Gasteiger partial charge in [0.15, 0.2) is 0 Å². The molecular formula is C100H192N20O23. The van der Waals surface area contributed by atoms with Gasteiger partial charge < -0.3 is 147 Å². The molecule has 13 amide bonds. The molecule has 4 atom stereocenters. The van der Waals surface area contributed by atoms with E-state index in [0.29, 0.717) is 64.8 Å². The van der Waals surface area contributed by atoms with Crippen LogP contribution >= 0.6 is 0 Å². The molecule has 143 heavy (non-hydrogen) atoms. The van der Waals surface area contributed by atoms with E-state index in [2.05, 4.69) is 122 Å². The van der Waals surface area contributed by atoms with Gasteiger partial charge in [-0.1, -0.05) is 98.3 Å². The number of H-pyrrole nitrogens is 1. The Morgan fingerprint density at radius 2 is 0.559 bits per heavy atom. The first-order chi connectivity index (χ1) is 67.7. The van der Waals surface area contributed by atoms with Crippen molar-refractivity contribution in [3.63, 3.8) is 0 Å². The molecule has 43 nitrogen and oxygen atoms in total. The van der Waals surface area contributed by atoms with Crippen LogP contribution in [0.1, 0.15) is 285 Å². The van der Waals surface area contributed by atoms with Crippen LogP contribution in [-0.2, 0) is 92.1 Å². The van der Waals surface area contributed by atoms with E-state index in [1.165, 1.54) is 57.8 Å². The zero-order valence-electron chi connectivity index (χ0n) is 91.0. The fourth-order valence-electron chi connectivity index (χ4n) is 13.1. The summed E-state index contributed by atoms with van der Waals surface area (Å²) >= 11 is 0. The van der Waals surface area contributed by atoms with Crippen molar-refractivity contribution in [3.8, 4) is 0 Å². The molecule has 4 unspecified atom stereocenters. The number of amides is 13. The van der Waals surface area contributed by atoms with Crippen LogP contribution in [-0.4, -0.2) is 365 Å². The second-order valence-electron chi connectivity index (χ2n) is 40.4. The van der Waals surface area contributed by atoms with Crippen LogP contribution in [0.4, 0.5) is 24.0 Å². The third-order valence-corrected chi connectivity index (χ3v) is 20.6. The van der Waals surface area contributed by atoms with Gasteiger partial charge in [-0.2, -0.15) is 0 Å². The Hall–Kier alpha value is -9.08. The van der Waals surface area contributed by atoms with Crippen LogP contribution in [0, 0.1) is 0 Å². The molecule has 0 radical (unpaired) electrons. The van der Waals surface area contributed by atoms with Gasteiger partial charge in [-0.3, -0.25) is 38.4 Å². The molecule has 0 saturated carbocycles. The highest BCUT2D eigenvalue weighted by Gasteiger charge is 2.26. The third-order valence-electron chi connectivity index (χ3n) is 20.6. The zero-order valence-corrected chi connectivity index (χ0v) is 91.0. The van der Waals surface area contributed by atoms with Crippen molar-refractivity contribution in [2.75, 3.05) is 210 Å². The smallest absolute Gasteiger partial charge is 0.407 e. The summed E-state index contributed by atoms with van der Waals surface area (Å²) in [6.07, 6.45) is 17.9. The minimum absolute atomic E-state index is 0.00236. The summed E-state index contributed by atoms with van der Waals surface area (Å²) in [5.74, 6) is -1.78. The second-order valence-corrected chi connectivity index (χ2v) is 40.4. The quantitative estimate of drug-likeness (QED) is 0.0218. The molecule has 830 valence electrons. The molecule has 1 aromatic heterocycles. The zero-order chi connectivity index (χ0) is 107. The number of carbonyl (C=O) groups excluding carboxylic acids is 13. The number of hydrogen-bond donors (Lipinski definition) is 16. The normalized spacial score (nSPS) is 12.6. The molecule has 1 heterocycles. The highest BCUT2D eigenvalue weighted by atomic mass is 16.6. The van der Waals surface area contributed by atoms with Gasteiger partial charge in [0.25, 0.3) is 0 Å². The Bertz CT molecular complexity index is 3560. The molecule has 16 N–H and O–H groups in total. The van der Waals surface area contributed by atoms with Crippen LogP contribution in [0.5, 0.6) is 0 Å². The van der Waals surface area contributed by atoms with Gasteiger partial charge in [0.2, 0.25) is 47.3 Å². The van der Waals surface area contributed by atoms with Crippen molar-refractivity contribution < 1.29 is 110 Å². The van der Waals surface area contributed by atoms with Gasteiger partial charge in [0, 0.05) is 214 Å². The largest absolute Gasteiger partial charge is 0.444 e. The van der Waals surface area contributed by atoms with Gasteiger partial charge in [0.05, 0.1) is 70.4 Å². The lowest BCUT2D eigenvalue weighted by Gasteiger charge is -2.24. The first-order valence-electron chi connectivity index (χ1n) is 52.2. The number of nitrogens with one attached hydrogen (secondary N) is 16. The second kappa shape index (κ2) is 82.0. The van der Waals surface area contributed by atoms with Crippen LogP contribution in [0.15, 0.2) is 12.5 Å². The summed E-state index contributed by atoms with van der Waals surface area (Å²) in [7, 11) is 2.07. The Morgan fingerprint density at radius 3 is 0.846 bits per heavy atom. The van der Waals surface area contributed by atoms with Crippen LogP contribution in [0.2, 0.25) is 0 Å². The van der Waals surface area contributed by atoms with E-state index in [9.17, 15) is 62.3 Å². The molecule has 1 aromatic rings. The van der Waals surface area contributed by atoms with Gasteiger partial charge >= 0.3 is 30.5 Å². The number of carbonyl (C=O) groups is 13. The summed E-state index contributed by atoms with van der Waals surface area (Å²) in [5, 5.41) is 42.9. The van der Waals surface area contributed by atoms with E-state index >= 15 is 0 Å². The fraction of sp³-hybridized carbons (Fsp3) is 0.840. The SMILES string of the molecule is CCCCCCCCCCCCN(C)CCC(=O)NCC(CNC(=O)CCNCCCC)OCCNC(=O)OC(C)(C)C.CCCCNCCC(=O)NCC(CNC(=O)CCN(CCOCCNC(=O)OC(C)(C)C)CCC(=O)NCC(CNC(=O)CCN(CCC(=O)NCC(CNC(=O)CCC)OCCNC(=O)OC(C)(C)C)CCc1cnc[nH]1)OCCNC(=O)OC(C)(C)C)OCCNC(=O)OC(C)(C)C. The lowest BCUT2D eigenvalue weighted by molar-refractivity contribution is -0.124. The predicted molar refractivity (Wildman–Crippen MR) is 552 cm³/mol. The lowest BCUT2D eigenvalue weighted by atomic mass is 10.1. The van der Waals surface area contributed by atoms with Gasteiger partial charge in [0.1, 0.15) is 28.0 Å². The molecule has 0 aliphatic rings. The third kappa shape index (κ3) is 90.2. The van der Waals surface area contributed by atoms with E-state index in [0.717, 1.165) is 57.4 Å². The lowest BCUT2D eigenvalue weighted by Crippen LogP contribution is -2.44. The number of hydrogen-bond acceptors (Lipinski definition) is 29. The highest BCUT2D eigenvalue weighted by molar-refractivity contribution is 5.80. The number of unbranched alkanes of at least 4 members (excludes halogenated alkanes) is 11. The Kier molecular flexibility index (Phi) is 76.8. The Balaban J connectivity index is 0.00000390. The van der Waals surface area contributed by atoms with E-state index < -0.39 is 82.9 Å². The average Bonchev–Trinajstić information content (AvgIpc) is 1.89. The minimum Gasteiger partial charge on any atom is -0.444 e. The molecule has 1 rings (SSSR count). The van der Waals surface area contributed by atoms with E-state index in [4.69, 9.17) is 47.4 Å². The van der Waals surface area contributed by atoms with Crippen LogP contribution in [0.25, 0.3) is 0 Å². The van der Waals surface area contributed by atoms with E-state index in [1.807, 2.05) is 16.7 Å². The summed E-state index contributed by atoms with van der Waals surface area (Å²) < 4.78 is 56.3.